The van der Waals surface area contributed by atoms with E-state index >= 15 is 0 Å². The number of sulfonamides is 1. The average molecular weight is 347 g/mol. The number of nitrogens with zero attached hydrogens (tertiary/aromatic N) is 3. The van der Waals surface area contributed by atoms with Gasteiger partial charge in [-0.1, -0.05) is 38.0 Å². The molecule has 0 radical (unpaired) electrons. The molecule has 2 aromatic rings. The van der Waals surface area contributed by atoms with Crippen LogP contribution in [0.3, 0.4) is 0 Å². The highest BCUT2D eigenvalue weighted by Gasteiger charge is 2.28. The topological polar surface area (TPSA) is 55.2 Å². The van der Waals surface area contributed by atoms with Gasteiger partial charge >= 0.3 is 0 Å². The molecule has 1 aliphatic rings. The minimum Gasteiger partial charge on any atom is -0.240 e. The first-order valence-electron chi connectivity index (χ1n) is 8.71. The van der Waals surface area contributed by atoms with Crippen LogP contribution in [0.1, 0.15) is 39.0 Å². The van der Waals surface area contributed by atoms with Crippen LogP contribution >= 0.6 is 0 Å². The van der Waals surface area contributed by atoms with Crippen LogP contribution in [0.2, 0.25) is 0 Å². The summed E-state index contributed by atoms with van der Waals surface area (Å²) in [6, 6.07) is 9.56. The van der Waals surface area contributed by atoms with Crippen molar-refractivity contribution >= 4 is 10.0 Å². The first-order valence-corrected chi connectivity index (χ1v) is 10.2. The Bertz CT molecular complexity index is 756. The Morgan fingerprint density at radius 3 is 2.71 bits per heavy atom. The highest BCUT2D eigenvalue weighted by molar-refractivity contribution is 7.89. The standard InChI is InChI=1S/C18H25N3O2S/c1-2-7-16-8-6-12-20(13-11-16)24(22,23)18-14-19-21(15-18)17-9-4-3-5-10-17/h3-5,9-10,14-16H,2,6-8,11-13H2,1H3. The maximum atomic E-state index is 12.9. The van der Waals surface area contributed by atoms with Gasteiger partial charge in [0.1, 0.15) is 4.90 Å². The Morgan fingerprint density at radius 2 is 1.96 bits per heavy atom. The number of para-hydroxylation sites is 1. The van der Waals surface area contributed by atoms with Gasteiger partial charge in [0.2, 0.25) is 10.0 Å². The van der Waals surface area contributed by atoms with Crippen molar-refractivity contribution in [2.45, 2.75) is 43.9 Å². The smallest absolute Gasteiger partial charge is 0.240 e. The van der Waals surface area contributed by atoms with E-state index in [1.165, 1.54) is 19.0 Å². The SMILES string of the molecule is CCCC1CCCN(S(=O)(=O)c2cnn(-c3ccccc3)c2)CC1. The van der Waals surface area contributed by atoms with E-state index in [2.05, 4.69) is 12.0 Å². The lowest BCUT2D eigenvalue weighted by Gasteiger charge is -2.19. The second kappa shape index (κ2) is 7.49. The number of hydrogen-bond donors (Lipinski definition) is 0. The predicted octanol–water partition coefficient (Wildman–Crippen LogP) is 3.46. The molecule has 0 saturated carbocycles. The summed E-state index contributed by atoms with van der Waals surface area (Å²) in [5, 5.41) is 4.23. The zero-order valence-corrected chi connectivity index (χ0v) is 15.0. The van der Waals surface area contributed by atoms with Gasteiger partial charge in [-0.25, -0.2) is 13.1 Å². The van der Waals surface area contributed by atoms with Crippen molar-refractivity contribution in [2.75, 3.05) is 13.1 Å². The van der Waals surface area contributed by atoms with Crippen molar-refractivity contribution in [3.8, 4) is 5.69 Å². The molecule has 24 heavy (non-hydrogen) atoms. The normalized spacial score (nSPS) is 20.0. The van der Waals surface area contributed by atoms with E-state index in [-0.39, 0.29) is 4.90 Å². The van der Waals surface area contributed by atoms with Crippen LogP contribution in [-0.4, -0.2) is 35.6 Å². The zero-order valence-electron chi connectivity index (χ0n) is 14.1. The Balaban J connectivity index is 1.77. The summed E-state index contributed by atoms with van der Waals surface area (Å²) in [5.41, 5.74) is 0.859. The number of aromatic nitrogens is 2. The molecular weight excluding hydrogens is 322 g/mol. The van der Waals surface area contributed by atoms with Crippen LogP contribution < -0.4 is 0 Å². The van der Waals surface area contributed by atoms with Crippen molar-refractivity contribution in [1.29, 1.82) is 0 Å². The maximum absolute atomic E-state index is 12.9. The molecule has 0 amide bonds. The number of benzene rings is 1. The molecule has 2 heterocycles. The van der Waals surface area contributed by atoms with E-state index in [4.69, 9.17) is 0 Å². The minimum absolute atomic E-state index is 0.278. The van der Waals surface area contributed by atoms with Gasteiger partial charge in [0.15, 0.2) is 0 Å². The lowest BCUT2D eigenvalue weighted by Crippen LogP contribution is -2.31. The van der Waals surface area contributed by atoms with Crippen molar-refractivity contribution in [1.82, 2.24) is 14.1 Å². The van der Waals surface area contributed by atoms with Crippen LogP contribution in [0.25, 0.3) is 5.69 Å². The summed E-state index contributed by atoms with van der Waals surface area (Å²) < 4.78 is 29.1. The Kier molecular flexibility index (Phi) is 5.36. The summed E-state index contributed by atoms with van der Waals surface area (Å²) in [5.74, 6) is 0.655. The molecule has 6 heteroatoms. The Labute approximate surface area is 144 Å². The third-order valence-corrected chi connectivity index (χ3v) is 6.57. The monoisotopic (exact) mass is 347 g/mol. The average Bonchev–Trinajstić information content (AvgIpc) is 2.98. The number of rotatable bonds is 5. The third kappa shape index (κ3) is 3.70. The van der Waals surface area contributed by atoms with Crippen molar-refractivity contribution < 1.29 is 8.42 Å². The van der Waals surface area contributed by atoms with E-state index in [9.17, 15) is 8.42 Å². The first kappa shape index (κ1) is 17.2. The third-order valence-electron chi connectivity index (χ3n) is 4.72. The molecule has 0 N–H and O–H groups in total. The summed E-state index contributed by atoms with van der Waals surface area (Å²) in [6.45, 7) is 3.42. The molecule has 1 saturated heterocycles. The molecular formula is C18H25N3O2S. The van der Waals surface area contributed by atoms with Crippen LogP contribution in [0.15, 0.2) is 47.6 Å². The van der Waals surface area contributed by atoms with Gasteiger partial charge in [0.05, 0.1) is 18.1 Å². The Hall–Kier alpha value is -1.66. The first-order chi connectivity index (χ1) is 11.6. The van der Waals surface area contributed by atoms with E-state index in [0.717, 1.165) is 24.9 Å². The summed E-state index contributed by atoms with van der Waals surface area (Å²) in [4.78, 5) is 0.278. The van der Waals surface area contributed by atoms with Crippen LogP contribution in [-0.2, 0) is 10.0 Å². The minimum atomic E-state index is -3.46. The summed E-state index contributed by atoms with van der Waals surface area (Å²) in [6.07, 6.45) is 8.46. The number of hydrogen-bond acceptors (Lipinski definition) is 3. The van der Waals surface area contributed by atoms with E-state index in [1.807, 2.05) is 30.3 Å². The van der Waals surface area contributed by atoms with Gasteiger partial charge in [0, 0.05) is 13.1 Å². The fourth-order valence-corrected chi connectivity index (χ4v) is 4.81. The lowest BCUT2D eigenvalue weighted by molar-refractivity contribution is 0.400. The van der Waals surface area contributed by atoms with Crippen molar-refractivity contribution in [2.24, 2.45) is 5.92 Å². The molecule has 1 aromatic heterocycles. The van der Waals surface area contributed by atoms with Crippen molar-refractivity contribution in [3.63, 3.8) is 0 Å². The van der Waals surface area contributed by atoms with E-state index in [0.29, 0.717) is 19.0 Å². The van der Waals surface area contributed by atoms with Crippen LogP contribution in [0, 0.1) is 5.92 Å². The van der Waals surface area contributed by atoms with Gasteiger partial charge in [-0.15, -0.1) is 0 Å². The molecule has 1 aromatic carbocycles. The fraction of sp³-hybridized carbons (Fsp3) is 0.500. The van der Waals surface area contributed by atoms with Gasteiger partial charge in [-0.05, 0) is 37.3 Å². The molecule has 0 spiro atoms. The molecule has 5 nitrogen and oxygen atoms in total. The van der Waals surface area contributed by atoms with Gasteiger partial charge in [-0.3, -0.25) is 0 Å². The molecule has 130 valence electrons. The second-order valence-corrected chi connectivity index (χ2v) is 8.38. The predicted molar refractivity (Wildman–Crippen MR) is 94.6 cm³/mol. The van der Waals surface area contributed by atoms with E-state index in [1.54, 1.807) is 15.2 Å². The largest absolute Gasteiger partial charge is 0.246 e. The summed E-state index contributed by atoms with van der Waals surface area (Å²) in [7, 11) is -3.46. The highest BCUT2D eigenvalue weighted by atomic mass is 32.2. The second-order valence-electron chi connectivity index (χ2n) is 6.45. The van der Waals surface area contributed by atoms with Crippen molar-refractivity contribution in [3.05, 3.63) is 42.7 Å². The molecule has 1 atom stereocenters. The lowest BCUT2D eigenvalue weighted by atomic mass is 9.96. The molecule has 1 aliphatic heterocycles. The molecule has 1 unspecified atom stereocenters. The molecule has 3 rings (SSSR count). The maximum Gasteiger partial charge on any atom is 0.246 e. The van der Waals surface area contributed by atoms with Crippen LogP contribution in [0.4, 0.5) is 0 Å². The zero-order chi connectivity index (χ0) is 17.0. The fourth-order valence-electron chi connectivity index (χ4n) is 3.39. The molecule has 0 bridgehead atoms. The highest BCUT2D eigenvalue weighted by Crippen LogP contribution is 2.26. The Morgan fingerprint density at radius 1 is 1.17 bits per heavy atom. The summed E-state index contributed by atoms with van der Waals surface area (Å²) >= 11 is 0. The van der Waals surface area contributed by atoms with Gasteiger partial charge < -0.3 is 0 Å². The quantitative estimate of drug-likeness (QED) is 0.832. The molecule has 0 aliphatic carbocycles. The van der Waals surface area contributed by atoms with Gasteiger partial charge in [-0.2, -0.15) is 9.40 Å². The van der Waals surface area contributed by atoms with Crippen LogP contribution in [0.5, 0.6) is 0 Å². The van der Waals surface area contributed by atoms with E-state index < -0.39 is 10.0 Å². The molecule has 1 fully saturated rings. The van der Waals surface area contributed by atoms with Gasteiger partial charge in [0.25, 0.3) is 0 Å².